The molecular weight excluding hydrogens is 266 g/mol. The number of carbonyl (C=O) groups is 1. The van der Waals surface area contributed by atoms with Crippen molar-refractivity contribution in [2.45, 2.75) is 20.0 Å². The molecule has 0 aliphatic carbocycles. The van der Waals surface area contributed by atoms with Crippen LogP contribution in [0.5, 0.6) is 0 Å². The molecule has 7 heteroatoms. The van der Waals surface area contributed by atoms with Gasteiger partial charge in [0, 0.05) is 31.9 Å². The summed E-state index contributed by atoms with van der Waals surface area (Å²) in [5, 5.41) is 7.37. The van der Waals surface area contributed by atoms with Crippen molar-refractivity contribution < 1.29 is 4.79 Å². The Morgan fingerprint density at radius 2 is 2.32 bits per heavy atom. The maximum absolute atomic E-state index is 12.1. The molecule has 0 saturated heterocycles. The van der Waals surface area contributed by atoms with Gasteiger partial charge in [-0.1, -0.05) is 11.6 Å². The Bertz CT molecular complexity index is 601. The van der Waals surface area contributed by atoms with E-state index in [1.807, 2.05) is 6.92 Å². The predicted octanol–water partition coefficient (Wildman–Crippen LogP) is 1.41. The van der Waals surface area contributed by atoms with Gasteiger partial charge in [-0.2, -0.15) is 5.10 Å². The van der Waals surface area contributed by atoms with E-state index in [0.29, 0.717) is 29.6 Å². The molecule has 0 atom stereocenters. The van der Waals surface area contributed by atoms with Crippen LogP contribution in [0.2, 0.25) is 5.02 Å². The van der Waals surface area contributed by atoms with Gasteiger partial charge in [0.25, 0.3) is 5.91 Å². The molecule has 2 heterocycles. The van der Waals surface area contributed by atoms with Crippen molar-refractivity contribution in [3.05, 3.63) is 34.7 Å². The van der Waals surface area contributed by atoms with Crippen molar-refractivity contribution in [2.75, 3.05) is 5.73 Å². The van der Waals surface area contributed by atoms with Gasteiger partial charge in [0.2, 0.25) is 0 Å². The third-order valence-electron chi connectivity index (χ3n) is 2.94. The highest BCUT2D eigenvalue weighted by atomic mass is 35.5. The Labute approximate surface area is 116 Å². The molecule has 0 aliphatic rings. The number of nitrogens with one attached hydrogen (secondary N) is 1. The van der Waals surface area contributed by atoms with E-state index in [2.05, 4.69) is 10.4 Å². The minimum atomic E-state index is -0.183. The highest BCUT2D eigenvalue weighted by molar-refractivity contribution is 6.31. The molecule has 3 N–H and O–H groups in total. The summed E-state index contributed by atoms with van der Waals surface area (Å²) < 4.78 is 3.36. The zero-order chi connectivity index (χ0) is 14.0. The van der Waals surface area contributed by atoms with E-state index >= 15 is 0 Å². The van der Waals surface area contributed by atoms with Crippen molar-refractivity contribution in [2.24, 2.45) is 7.05 Å². The number of rotatable bonds is 4. The number of hydrogen-bond donors (Lipinski definition) is 2. The molecule has 0 saturated carbocycles. The summed E-state index contributed by atoms with van der Waals surface area (Å²) in [6.45, 7) is 2.97. The smallest absolute Gasteiger partial charge is 0.268 e. The first-order valence-corrected chi connectivity index (χ1v) is 6.31. The third kappa shape index (κ3) is 2.73. The van der Waals surface area contributed by atoms with Crippen molar-refractivity contribution in [3.8, 4) is 0 Å². The van der Waals surface area contributed by atoms with Gasteiger partial charge in [0.1, 0.15) is 11.5 Å². The van der Waals surface area contributed by atoms with Crippen LogP contribution in [0.4, 0.5) is 5.82 Å². The van der Waals surface area contributed by atoms with Crippen molar-refractivity contribution in [1.82, 2.24) is 19.7 Å². The summed E-state index contributed by atoms with van der Waals surface area (Å²) in [5.74, 6) is 0.362. The topological polar surface area (TPSA) is 77.9 Å². The standard InChI is InChI=1S/C12H16ClN5O/c1-3-18-7-9(13)4-10(18)12(19)15-5-8-6-16-17(2)11(8)14/h4,6-7H,3,5,14H2,1-2H3,(H,15,19). The molecule has 2 aromatic heterocycles. The lowest BCUT2D eigenvalue weighted by atomic mass is 10.3. The van der Waals surface area contributed by atoms with E-state index in [0.717, 1.165) is 5.56 Å². The molecule has 102 valence electrons. The zero-order valence-electron chi connectivity index (χ0n) is 10.9. The molecule has 0 unspecified atom stereocenters. The van der Waals surface area contributed by atoms with E-state index in [-0.39, 0.29) is 5.91 Å². The number of amides is 1. The highest BCUT2D eigenvalue weighted by Gasteiger charge is 2.13. The largest absolute Gasteiger partial charge is 0.384 e. The minimum absolute atomic E-state index is 0.183. The molecule has 0 fully saturated rings. The van der Waals surface area contributed by atoms with Crippen LogP contribution >= 0.6 is 11.6 Å². The fourth-order valence-electron chi connectivity index (χ4n) is 1.82. The van der Waals surface area contributed by atoms with Gasteiger partial charge in [0.15, 0.2) is 0 Å². The Morgan fingerprint density at radius 1 is 1.58 bits per heavy atom. The maximum atomic E-state index is 12.1. The lowest BCUT2D eigenvalue weighted by Crippen LogP contribution is -2.25. The Kier molecular flexibility index (Phi) is 3.80. The summed E-state index contributed by atoms with van der Waals surface area (Å²) in [6.07, 6.45) is 3.37. The monoisotopic (exact) mass is 281 g/mol. The van der Waals surface area contributed by atoms with Gasteiger partial charge < -0.3 is 15.6 Å². The summed E-state index contributed by atoms with van der Waals surface area (Å²) in [6, 6.07) is 1.65. The van der Waals surface area contributed by atoms with Gasteiger partial charge in [-0.05, 0) is 13.0 Å². The van der Waals surface area contributed by atoms with Crippen LogP contribution in [0.3, 0.4) is 0 Å². The second-order valence-corrected chi connectivity index (χ2v) is 4.63. The van der Waals surface area contributed by atoms with Crippen molar-refractivity contribution in [1.29, 1.82) is 0 Å². The van der Waals surface area contributed by atoms with E-state index < -0.39 is 0 Å². The van der Waals surface area contributed by atoms with Crippen LogP contribution in [-0.2, 0) is 20.1 Å². The molecule has 0 spiro atoms. The average Bonchev–Trinajstić information content (AvgIpc) is 2.92. The maximum Gasteiger partial charge on any atom is 0.268 e. The van der Waals surface area contributed by atoms with E-state index in [4.69, 9.17) is 17.3 Å². The first-order valence-electron chi connectivity index (χ1n) is 5.93. The van der Waals surface area contributed by atoms with Gasteiger partial charge in [0.05, 0.1) is 11.2 Å². The number of carbonyl (C=O) groups excluding carboxylic acids is 1. The number of nitrogens with zero attached hydrogens (tertiary/aromatic N) is 3. The van der Waals surface area contributed by atoms with Crippen LogP contribution in [-0.4, -0.2) is 20.3 Å². The molecule has 1 amide bonds. The molecular formula is C12H16ClN5O. The van der Waals surface area contributed by atoms with Crippen LogP contribution < -0.4 is 11.1 Å². The molecule has 0 radical (unpaired) electrons. The van der Waals surface area contributed by atoms with E-state index in [1.54, 1.807) is 34.8 Å². The number of anilines is 1. The lowest BCUT2D eigenvalue weighted by molar-refractivity contribution is 0.0942. The van der Waals surface area contributed by atoms with E-state index in [9.17, 15) is 4.79 Å². The average molecular weight is 282 g/mol. The number of nitrogens with two attached hydrogens (primary N) is 1. The van der Waals surface area contributed by atoms with Crippen LogP contribution in [0, 0.1) is 0 Å². The third-order valence-corrected chi connectivity index (χ3v) is 3.15. The normalized spacial score (nSPS) is 10.7. The number of halogens is 1. The second kappa shape index (κ2) is 5.36. The first kappa shape index (κ1) is 13.5. The Hall–Kier alpha value is -1.95. The molecule has 0 aromatic carbocycles. The molecule has 19 heavy (non-hydrogen) atoms. The zero-order valence-corrected chi connectivity index (χ0v) is 11.6. The molecule has 2 aromatic rings. The quantitative estimate of drug-likeness (QED) is 0.889. The number of hydrogen-bond acceptors (Lipinski definition) is 3. The number of aryl methyl sites for hydroxylation is 2. The molecule has 6 nitrogen and oxygen atoms in total. The lowest BCUT2D eigenvalue weighted by Gasteiger charge is -2.07. The van der Waals surface area contributed by atoms with Crippen molar-refractivity contribution in [3.63, 3.8) is 0 Å². The second-order valence-electron chi connectivity index (χ2n) is 4.19. The molecule has 2 rings (SSSR count). The highest BCUT2D eigenvalue weighted by Crippen LogP contribution is 2.15. The van der Waals surface area contributed by atoms with Crippen LogP contribution in [0.15, 0.2) is 18.5 Å². The fraction of sp³-hybridized carbons (Fsp3) is 0.333. The fourth-order valence-corrected chi connectivity index (χ4v) is 2.04. The minimum Gasteiger partial charge on any atom is -0.384 e. The number of aromatic nitrogens is 3. The summed E-state index contributed by atoms with van der Waals surface area (Å²) in [7, 11) is 1.75. The summed E-state index contributed by atoms with van der Waals surface area (Å²) in [4.78, 5) is 12.1. The van der Waals surface area contributed by atoms with Crippen LogP contribution in [0.25, 0.3) is 0 Å². The van der Waals surface area contributed by atoms with Crippen LogP contribution in [0.1, 0.15) is 23.0 Å². The molecule has 0 bridgehead atoms. The Morgan fingerprint density at radius 3 is 2.89 bits per heavy atom. The first-order chi connectivity index (χ1) is 9.02. The Balaban J connectivity index is 2.07. The predicted molar refractivity (Wildman–Crippen MR) is 73.9 cm³/mol. The van der Waals surface area contributed by atoms with E-state index in [1.165, 1.54) is 0 Å². The van der Waals surface area contributed by atoms with Gasteiger partial charge in [-0.3, -0.25) is 9.48 Å². The van der Waals surface area contributed by atoms with Gasteiger partial charge >= 0.3 is 0 Å². The molecule has 0 aliphatic heterocycles. The number of nitrogen functional groups attached to an aromatic ring is 1. The summed E-state index contributed by atoms with van der Waals surface area (Å²) >= 11 is 5.90. The van der Waals surface area contributed by atoms with Gasteiger partial charge in [-0.15, -0.1) is 0 Å². The summed E-state index contributed by atoms with van der Waals surface area (Å²) in [5.41, 5.74) is 7.14. The van der Waals surface area contributed by atoms with Crippen molar-refractivity contribution >= 4 is 23.3 Å². The van der Waals surface area contributed by atoms with Gasteiger partial charge in [-0.25, -0.2) is 0 Å². The SMILES string of the molecule is CCn1cc(Cl)cc1C(=O)NCc1cnn(C)c1N.